The van der Waals surface area contributed by atoms with Crippen molar-refractivity contribution in [3.8, 4) is 5.75 Å². The zero-order chi connectivity index (χ0) is 23.2. The van der Waals surface area contributed by atoms with Crippen LogP contribution in [0.25, 0.3) is 10.9 Å². The van der Waals surface area contributed by atoms with E-state index in [1.54, 1.807) is 0 Å². The maximum atomic E-state index is 15.1. The summed E-state index contributed by atoms with van der Waals surface area (Å²) in [4.78, 5) is 25.6. The normalized spacial score (nSPS) is 15.4. The summed E-state index contributed by atoms with van der Waals surface area (Å²) < 4.78 is 30.5. The molecule has 1 heterocycles. The molecule has 1 unspecified atom stereocenters. The molecule has 0 bridgehead atoms. The Kier molecular flexibility index (Phi) is 5.95. The molecule has 1 saturated carbocycles. The number of benzene rings is 2. The van der Waals surface area contributed by atoms with Crippen molar-refractivity contribution in [2.24, 2.45) is 5.92 Å². The number of phenols is 1. The van der Waals surface area contributed by atoms with Crippen LogP contribution in [0.4, 0.5) is 8.78 Å². The molecule has 4 rings (SSSR count). The average molecular weight is 462 g/mol. The molecule has 5 nitrogen and oxygen atoms in total. The summed E-state index contributed by atoms with van der Waals surface area (Å²) in [6, 6.07) is 6.87. The van der Waals surface area contributed by atoms with Gasteiger partial charge in [0, 0.05) is 27.7 Å². The molecule has 8 heteroatoms. The molecule has 1 fully saturated rings. The summed E-state index contributed by atoms with van der Waals surface area (Å²) in [6.45, 7) is 1.52. The minimum Gasteiger partial charge on any atom is -0.503 e. The molecule has 2 N–H and O–H groups in total. The van der Waals surface area contributed by atoms with Crippen LogP contribution in [-0.2, 0) is 4.79 Å². The number of carbonyl (C=O) groups excluding carboxylic acids is 1. The largest absolute Gasteiger partial charge is 0.503 e. The van der Waals surface area contributed by atoms with E-state index in [-0.39, 0.29) is 40.1 Å². The van der Waals surface area contributed by atoms with Gasteiger partial charge in [0.2, 0.25) is 0 Å². The van der Waals surface area contributed by atoms with Crippen LogP contribution < -0.4 is 0 Å². The van der Waals surface area contributed by atoms with E-state index in [1.165, 1.54) is 31.2 Å². The van der Waals surface area contributed by atoms with Crippen LogP contribution in [0.3, 0.4) is 0 Å². The van der Waals surface area contributed by atoms with Crippen LogP contribution in [-0.4, -0.2) is 26.7 Å². The van der Waals surface area contributed by atoms with E-state index >= 15 is 4.39 Å². The molecule has 0 radical (unpaired) electrons. The fraction of sp³-hybridized carbons (Fsp3) is 0.333. The van der Waals surface area contributed by atoms with E-state index in [9.17, 15) is 24.2 Å². The van der Waals surface area contributed by atoms with E-state index in [4.69, 9.17) is 11.6 Å². The third kappa shape index (κ3) is 3.75. The van der Waals surface area contributed by atoms with Crippen molar-refractivity contribution in [3.63, 3.8) is 0 Å². The lowest BCUT2D eigenvalue weighted by Crippen LogP contribution is -2.18. The second kappa shape index (κ2) is 8.54. The van der Waals surface area contributed by atoms with Crippen LogP contribution in [0.15, 0.2) is 30.3 Å². The highest BCUT2D eigenvalue weighted by atomic mass is 35.5. The predicted molar refractivity (Wildman–Crippen MR) is 116 cm³/mol. The Labute approximate surface area is 188 Å². The molecule has 0 aliphatic heterocycles. The minimum atomic E-state index is -1.27. The van der Waals surface area contributed by atoms with Crippen molar-refractivity contribution in [1.82, 2.24) is 4.57 Å². The maximum Gasteiger partial charge on any atom is 0.311 e. The molecule has 2 aromatic carbocycles. The molecule has 1 aliphatic rings. The van der Waals surface area contributed by atoms with E-state index in [2.05, 4.69) is 0 Å². The van der Waals surface area contributed by atoms with Crippen LogP contribution >= 0.6 is 11.6 Å². The first-order chi connectivity index (χ1) is 15.2. The van der Waals surface area contributed by atoms with Crippen molar-refractivity contribution in [1.29, 1.82) is 0 Å². The number of nitrogens with zero attached hydrogens (tertiary/aromatic N) is 1. The number of aromatic hydroxyl groups is 1. The molecule has 168 valence electrons. The van der Waals surface area contributed by atoms with Gasteiger partial charge in [0.15, 0.2) is 17.4 Å². The summed E-state index contributed by atoms with van der Waals surface area (Å²) in [7, 11) is 0. The second-order valence-corrected chi connectivity index (χ2v) is 8.78. The van der Waals surface area contributed by atoms with Gasteiger partial charge in [0.05, 0.1) is 11.4 Å². The van der Waals surface area contributed by atoms with Crippen LogP contribution in [0.2, 0.25) is 5.02 Å². The van der Waals surface area contributed by atoms with Crippen LogP contribution in [0.1, 0.15) is 59.6 Å². The number of phenolic OH excluding ortho intramolecular Hbond substituents is 1. The second-order valence-electron chi connectivity index (χ2n) is 8.34. The lowest BCUT2D eigenvalue weighted by molar-refractivity contribution is -0.139. The Hall–Kier alpha value is -2.93. The van der Waals surface area contributed by atoms with Gasteiger partial charge in [-0.2, -0.15) is 0 Å². The van der Waals surface area contributed by atoms with Gasteiger partial charge in [-0.25, -0.2) is 8.78 Å². The lowest BCUT2D eigenvalue weighted by Gasteiger charge is -2.18. The van der Waals surface area contributed by atoms with E-state index in [1.807, 2.05) is 0 Å². The molecular weight excluding hydrogens is 440 g/mol. The standard InChI is InChI=1S/C24H22ClF2NO4/c1-12-19(16(24(31)32)10-13-4-2-3-5-13)20-18(11-17(26)22(29)21(20)27)28(12)23(30)14-6-8-15(25)9-7-14/h6-9,11,13,16,29H,2-5,10H2,1H3,(H,31,32). The topological polar surface area (TPSA) is 79.5 Å². The summed E-state index contributed by atoms with van der Waals surface area (Å²) >= 11 is 5.90. The number of carbonyl (C=O) groups is 2. The number of fused-ring (bicyclic) bond motifs is 1. The number of carboxylic acids is 1. The zero-order valence-corrected chi connectivity index (χ0v) is 18.1. The summed E-state index contributed by atoms with van der Waals surface area (Å²) in [5.74, 6) is -6.35. The quantitative estimate of drug-likeness (QED) is 0.486. The molecule has 0 saturated heterocycles. The monoisotopic (exact) mass is 461 g/mol. The molecule has 0 spiro atoms. The average Bonchev–Trinajstić information content (AvgIpc) is 3.36. The first-order valence-corrected chi connectivity index (χ1v) is 10.8. The minimum absolute atomic E-state index is 0.0921. The number of aromatic nitrogens is 1. The summed E-state index contributed by atoms with van der Waals surface area (Å²) in [5.41, 5.74) is 0.393. The Morgan fingerprint density at radius 1 is 1.19 bits per heavy atom. The molecule has 1 aliphatic carbocycles. The van der Waals surface area contributed by atoms with Crippen LogP contribution in [0.5, 0.6) is 5.75 Å². The molecule has 3 aromatic rings. The Balaban J connectivity index is 1.97. The van der Waals surface area contributed by atoms with Crippen LogP contribution in [0, 0.1) is 24.5 Å². The number of aliphatic carboxylic acids is 1. The molecule has 32 heavy (non-hydrogen) atoms. The van der Waals surface area contributed by atoms with E-state index in [0.717, 1.165) is 36.3 Å². The lowest BCUT2D eigenvalue weighted by atomic mass is 9.86. The highest BCUT2D eigenvalue weighted by Gasteiger charge is 2.34. The number of hydrogen-bond donors (Lipinski definition) is 2. The third-order valence-electron chi connectivity index (χ3n) is 6.39. The Morgan fingerprint density at radius 3 is 2.41 bits per heavy atom. The van der Waals surface area contributed by atoms with Gasteiger partial charge in [0.1, 0.15) is 0 Å². The first-order valence-electron chi connectivity index (χ1n) is 10.5. The molecule has 1 aromatic heterocycles. The number of carboxylic acid groups (broad SMARTS) is 1. The highest BCUT2D eigenvalue weighted by Crippen LogP contribution is 2.42. The molecule has 0 amide bonds. The number of hydrogen-bond acceptors (Lipinski definition) is 3. The van der Waals surface area contributed by atoms with Gasteiger partial charge >= 0.3 is 5.97 Å². The SMILES string of the molecule is Cc1c(C(CC2CCCC2)C(=O)O)c2c(F)c(O)c(F)cc2n1C(=O)c1ccc(Cl)cc1. The Morgan fingerprint density at radius 2 is 1.81 bits per heavy atom. The highest BCUT2D eigenvalue weighted by molar-refractivity contribution is 6.30. The van der Waals surface area contributed by atoms with Crippen molar-refractivity contribution in [2.45, 2.75) is 44.9 Å². The predicted octanol–water partition coefficient (Wildman–Crippen LogP) is 6.02. The van der Waals surface area contributed by atoms with E-state index < -0.39 is 35.2 Å². The van der Waals surface area contributed by atoms with Crippen molar-refractivity contribution in [2.75, 3.05) is 0 Å². The first kappa shape index (κ1) is 22.3. The third-order valence-corrected chi connectivity index (χ3v) is 6.65. The van der Waals surface area contributed by atoms with Gasteiger partial charge < -0.3 is 10.2 Å². The Bertz CT molecular complexity index is 1210. The van der Waals surface area contributed by atoms with Gasteiger partial charge in [-0.05, 0) is 49.1 Å². The zero-order valence-electron chi connectivity index (χ0n) is 17.4. The molecular formula is C24H22ClF2NO4. The van der Waals surface area contributed by atoms with Gasteiger partial charge in [-0.1, -0.05) is 37.3 Å². The van der Waals surface area contributed by atoms with Gasteiger partial charge in [-0.3, -0.25) is 14.2 Å². The van der Waals surface area contributed by atoms with Crippen molar-refractivity contribution < 1.29 is 28.6 Å². The fourth-order valence-electron chi connectivity index (χ4n) is 4.84. The van der Waals surface area contributed by atoms with Gasteiger partial charge in [-0.15, -0.1) is 0 Å². The summed E-state index contributed by atoms with van der Waals surface area (Å²) in [6.07, 6.45) is 4.06. The van der Waals surface area contributed by atoms with Gasteiger partial charge in [0.25, 0.3) is 5.91 Å². The smallest absolute Gasteiger partial charge is 0.311 e. The van der Waals surface area contributed by atoms with E-state index in [0.29, 0.717) is 5.02 Å². The number of halogens is 3. The maximum absolute atomic E-state index is 15.1. The molecule has 1 atom stereocenters. The van der Waals surface area contributed by atoms with Crippen molar-refractivity contribution in [3.05, 3.63) is 63.8 Å². The fourth-order valence-corrected chi connectivity index (χ4v) is 4.97. The van der Waals surface area contributed by atoms with Crippen molar-refractivity contribution >= 4 is 34.4 Å². The number of rotatable bonds is 5. The summed E-state index contributed by atoms with van der Waals surface area (Å²) in [5, 5.41) is 20.1.